The predicted molar refractivity (Wildman–Crippen MR) is 85.4 cm³/mol. The zero-order chi connectivity index (χ0) is 15.6. The Bertz CT molecular complexity index is 853. The smallest absolute Gasteiger partial charge is 0.246 e. The van der Waals surface area contributed by atoms with E-state index in [9.17, 15) is 8.42 Å². The lowest BCUT2D eigenvalue weighted by molar-refractivity contribution is 0.602. The number of anilines is 1. The molecule has 2 aromatic heterocycles. The van der Waals surface area contributed by atoms with Gasteiger partial charge in [0, 0.05) is 0 Å². The second kappa shape index (κ2) is 5.90. The molecular formula is C14H14N4O2S2. The van der Waals surface area contributed by atoms with E-state index in [-0.39, 0.29) is 10.2 Å². The van der Waals surface area contributed by atoms with Crippen molar-refractivity contribution in [3.63, 3.8) is 0 Å². The van der Waals surface area contributed by atoms with Crippen molar-refractivity contribution in [2.45, 2.75) is 17.7 Å². The third kappa shape index (κ3) is 3.34. The third-order valence-electron chi connectivity index (χ3n) is 2.99. The fourth-order valence-corrected chi connectivity index (χ4v) is 3.82. The summed E-state index contributed by atoms with van der Waals surface area (Å²) in [7, 11) is -3.60. The van der Waals surface area contributed by atoms with Gasteiger partial charge in [0.15, 0.2) is 0 Å². The average molecular weight is 334 g/mol. The first-order valence-electron chi connectivity index (χ1n) is 6.54. The van der Waals surface area contributed by atoms with Gasteiger partial charge in [-0.2, -0.15) is 4.98 Å². The molecule has 22 heavy (non-hydrogen) atoms. The molecule has 0 fully saturated rings. The van der Waals surface area contributed by atoms with E-state index in [0.717, 1.165) is 16.9 Å². The lowest BCUT2D eigenvalue weighted by Crippen LogP contribution is -2.13. The van der Waals surface area contributed by atoms with Gasteiger partial charge >= 0.3 is 0 Å². The Labute approximate surface area is 132 Å². The highest BCUT2D eigenvalue weighted by atomic mass is 32.2. The minimum atomic E-state index is -3.60. The van der Waals surface area contributed by atoms with Crippen LogP contribution in [0.25, 0.3) is 0 Å². The SMILES string of the molecule is Cc1ccc(Cn2cnc(NS(=O)(=O)c3cccs3)n2)cc1. The lowest BCUT2D eigenvalue weighted by atomic mass is 10.1. The van der Waals surface area contributed by atoms with Crippen molar-refractivity contribution in [1.29, 1.82) is 0 Å². The van der Waals surface area contributed by atoms with Crippen LogP contribution < -0.4 is 4.72 Å². The summed E-state index contributed by atoms with van der Waals surface area (Å²) >= 11 is 1.15. The van der Waals surface area contributed by atoms with Crippen LogP contribution in [0.4, 0.5) is 5.95 Å². The van der Waals surface area contributed by atoms with Crippen LogP contribution in [0, 0.1) is 6.92 Å². The van der Waals surface area contributed by atoms with E-state index in [4.69, 9.17) is 0 Å². The van der Waals surface area contributed by atoms with E-state index >= 15 is 0 Å². The first-order valence-corrected chi connectivity index (χ1v) is 8.90. The van der Waals surface area contributed by atoms with E-state index < -0.39 is 10.0 Å². The Balaban J connectivity index is 1.73. The molecule has 0 bridgehead atoms. The summed E-state index contributed by atoms with van der Waals surface area (Å²) < 4.78 is 28.4. The molecule has 3 aromatic rings. The van der Waals surface area contributed by atoms with Crippen LogP contribution in [0.5, 0.6) is 0 Å². The normalized spacial score (nSPS) is 11.5. The number of hydrogen-bond donors (Lipinski definition) is 1. The second-order valence-electron chi connectivity index (χ2n) is 4.79. The summed E-state index contributed by atoms with van der Waals surface area (Å²) in [5, 5.41) is 5.85. The van der Waals surface area contributed by atoms with Crippen molar-refractivity contribution >= 4 is 27.3 Å². The maximum Gasteiger partial charge on any atom is 0.273 e. The van der Waals surface area contributed by atoms with Crippen LogP contribution in [-0.2, 0) is 16.6 Å². The number of nitrogens with zero attached hydrogens (tertiary/aromatic N) is 3. The highest BCUT2D eigenvalue weighted by molar-refractivity contribution is 7.94. The molecule has 0 saturated heterocycles. The molecule has 0 atom stereocenters. The average Bonchev–Trinajstić information content (AvgIpc) is 3.13. The van der Waals surface area contributed by atoms with Gasteiger partial charge in [0.2, 0.25) is 0 Å². The molecule has 0 radical (unpaired) electrons. The van der Waals surface area contributed by atoms with Crippen LogP contribution >= 0.6 is 11.3 Å². The van der Waals surface area contributed by atoms with Gasteiger partial charge in [0.05, 0.1) is 6.54 Å². The zero-order valence-electron chi connectivity index (χ0n) is 11.8. The summed E-state index contributed by atoms with van der Waals surface area (Å²) in [6.45, 7) is 2.56. The van der Waals surface area contributed by atoms with Gasteiger partial charge in [-0.3, -0.25) is 0 Å². The minimum absolute atomic E-state index is 0.0699. The molecule has 0 unspecified atom stereocenters. The minimum Gasteiger partial charge on any atom is -0.246 e. The topological polar surface area (TPSA) is 76.9 Å². The zero-order valence-corrected chi connectivity index (χ0v) is 13.4. The van der Waals surface area contributed by atoms with E-state index in [1.807, 2.05) is 31.2 Å². The second-order valence-corrected chi connectivity index (χ2v) is 7.65. The van der Waals surface area contributed by atoms with E-state index in [0.29, 0.717) is 6.54 Å². The summed E-state index contributed by atoms with van der Waals surface area (Å²) in [6.07, 6.45) is 1.51. The summed E-state index contributed by atoms with van der Waals surface area (Å²) in [6, 6.07) is 11.3. The van der Waals surface area contributed by atoms with E-state index in [2.05, 4.69) is 14.8 Å². The standard InChI is InChI=1S/C14H14N4O2S2/c1-11-4-6-12(7-5-11)9-18-10-15-14(16-18)17-22(19,20)13-3-2-8-21-13/h2-8,10H,9H2,1H3,(H,16,17). The first-order chi connectivity index (χ1) is 10.5. The summed E-state index contributed by atoms with van der Waals surface area (Å²) in [5.74, 6) is 0.0699. The molecule has 2 heterocycles. The molecule has 1 aromatic carbocycles. The largest absolute Gasteiger partial charge is 0.273 e. The van der Waals surface area contributed by atoms with Gasteiger partial charge in [-0.05, 0) is 23.9 Å². The first kappa shape index (κ1) is 14.7. The van der Waals surface area contributed by atoms with Crippen molar-refractivity contribution in [3.05, 3.63) is 59.2 Å². The maximum absolute atomic E-state index is 12.1. The van der Waals surface area contributed by atoms with Crippen LogP contribution in [0.15, 0.2) is 52.3 Å². The summed E-state index contributed by atoms with van der Waals surface area (Å²) in [5.41, 5.74) is 2.26. The van der Waals surface area contributed by atoms with Gasteiger partial charge in [0.1, 0.15) is 10.5 Å². The van der Waals surface area contributed by atoms with Gasteiger partial charge < -0.3 is 0 Å². The maximum atomic E-state index is 12.1. The number of nitrogens with one attached hydrogen (secondary N) is 1. The monoisotopic (exact) mass is 334 g/mol. The molecule has 114 valence electrons. The number of rotatable bonds is 5. The van der Waals surface area contributed by atoms with Gasteiger partial charge in [-0.25, -0.2) is 17.8 Å². The van der Waals surface area contributed by atoms with Gasteiger partial charge in [-0.1, -0.05) is 35.9 Å². The van der Waals surface area contributed by atoms with Crippen molar-refractivity contribution in [3.8, 4) is 0 Å². The van der Waals surface area contributed by atoms with Crippen molar-refractivity contribution < 1.29 is 8.42 Å². The highest BCUT2D eigenvalue weighted by Crippen LogP contribution is 2.18. The number of benzene rings is 1. The van der Waals surface area contributed by atoms with E-state index in [1.54, 1.807) is 16.1 Å². The Hall–Kier alpha value is -2.19. The lowest BCUT2D eigenvalue weighted by Gasteiger charge is -2.02. The van der Waals surface area contributed by atoms with Crippen molar-refractivity contribution in [1.82, 2.24) is 14.8 Å². The van der Waals surface area contributed by atoms with Crippen LogP contribution in [0.1, 0.15) is 11.1 Å². The van der Waals surface area contributed by atoms with E-state index in [1.165, 1.54) is 18.0 Å². The molecule has 0 aliphatic rings. The Morgan fingerprint density at radius 1 is 1.23 bits per heavy atom. The van der Waals surface area contributed by atoms with Gasteiger partial charge in [0.25, 0.3) is 16.0 Å². The van der Waals surface area contributed by atoms with Crippen LogP contribution in [0.2, 0.25) is 0 Å². The molecule has 0 spiro atoms. The molecule has 8 heteroatoms. The molecule has 0 amide bonds. The summed E-state index contributed by atoms with van der Waals surface area (Å²) in [4.78, 5) is 3.99. The Kier molecular flexibility index (Phi) is 3.95. The predicted octanol–water partition coefficient (Wildman–Crippen LogP) is 2.50. The third-order valence-corrected chi connectivity index (χ3v) is 5.71. The van der Waals surface area contributed by atoms with Crippen molar-refractivity contribution in [2.75, 3.05) is 4.72 Å². The molecule has 3 rings (SSSR count). The van der Waals surface area contributed by atoms with Crippen molar-refractivity contribution in [2.24, 2.45) is 0 Å². The number of aromatic nitrogens is 3. The Morgan fingerprint density at radius 2 is 2.00 bits per heavy atom. The number of thiophene rings is 1. The molecule has 6 nitrogen and oxygen atoms in total. The molecule has 0 aliphatic carbocycles. The van der Waals surface area contributed by atoms with Crippen LogP contribution in [-0.4, -0.2) is 23.2 Å². The van der Waals surface area contributed by atoms with Gasteiger partial charge in [-0.15, -0.1) is 16.4 Å². The number of sulfonamides is 1. The number of hydrogen-bond acceptors (Lipinski definition) is 5. The Morgan fingerprint density at radius 3 is 2.68 bits per heavy atom. The highest BCUT2D eigenvalue weighted by Gasteiger charge is 2.17. The molecule has 0 saturated carbocycles. The number of aryl methyl sites for hydroxylation is 1. The fourth-order valence-electron chi connectivity index (χ4n) is 1.89. The molecule has 0 aliphatic heterocycles. The molecular weight excluding hydrogens is 320 g/mol. The molecule has 1 N–H and O–H groups in total. The fraction of sp³-hybridized carbons (Fsp3) is 0.143. The quantitative estimate of drug-likeness (QED) is 0.778. The van der Waals surface area contributed by atoms with Crippen LogP contribution in [0.3, 0.4) is 0 Å².